The minimum Gasteiger partial charge on any atom is -0.347 e. The van der Waals surface area contributed by atoms with E-state index in [0.29, 0.717) is 17.8 Å². The van der Waals surface area contributed by atoms with Crippen molar-refractivity contribution in [2.75, 3.05) is 68.9 Å². The van der Waals surface area contributed by atoms with E-state index in [1.165, 1.54) is 186 Å². The average molecular weight is 1870 g/mol. The molecule has 10 aromatic rings. The van der Waals surface area contributed by atoms with Gasteiger partial charge in [0.15, 0.2) is 17.1 Å². The van der Waals surface area contributed by atoms with Crippen LogP contribution in [0.5, 0.6) is 0 Å². The summed E-state index contributed by atoms with van der Waals surface area (Å²) in [7, 11) is 15.3. The number of fused-ring (bicyclic) bond motifs is 12. The van der Waals surface area contributed by atoms with Crippen molar-refractivity contribution in [3.05, 3.63) is 428 Å². The highest BCUT2D eigenvalue weighted by atomic mass is 15.2. The van der Waals surface area contributed by atoms with Crippen LogP contribution < -0.4 is 19.6 Å². The molecular weight excluding hydrogens is 1710 g/mol. The number of rotatable bonds is 15. The minimum atomic E-state index is -0.0850. The molecule has 7 heteroatoms. The van der Waals surface area contributed by atoms with Crippen LogP contribution >= 0.6 is 0 Å². The second kappa shape index (κ2) is 40.4. The van der Waals surface area contributed by atoms with E-state index in [4.69, 9.17) is 0 Å². The molecule has 0 atom stereocenters. The lowest BCUT2D eigenvalue weighted by molar-refractivity contribution is -0.401. The van der Waals surface area contributed by atoms with E-state index in [2.05, 4.69) is 584 Å². The van der Waals surface area contributed by atoms with Crippen LogP contribution in [-0.4, -0.2) is 80.2 Å². The summed E-state index contributed by atoms with van der Waals surface area (Å²) in [5, 5.41) is 5.31. The monoisotopic (exact) mass is 1870 g/mol. The van der Waals surface area contributed by atoms with Crippen LogP contribution in [0.1, 0.15) is 242 Å². The van der Waals surface area contributed by atoms with Gasteiger partial charge in [-0.3, -0.25) is 0 Å². The van der Waals surface area contributed by atoms with Gasteiger partial charge in [0.2, 0.25) is 17.1 Å². The third kappa shape index (κ3) is 19.4. The maximum atomic E-state index is 2.43. The molecular formula is C134H160N7+3. The summed E-state index contributed by atoms with van der Waals surface area (Å²) < 4.78 is 7.03. The van der Waals surface area contributed by atoms with Crippen molar-refractivity contribution in [3.63, 3.8) is 0 Å². The number of allylic oxidation sites excluding steroid dienone is 27. The molecule has 7 nitrogen and oxygen atoms in total. The molecule has 0 spiro atoms. The van der Waals surface area contributed by atoms with Gasteiger partial charge in [0, 0.05) is 154 Å². The Balaban J connectivity index is 0.000000141. The molecule has 0 amide bonds. The molecule has 9 aliphatic rings. The molecule has 7 aliphatic heterocycles. The van der Waals surface area contributed by atoms with Gasteiger partial charge in [-0.2, -0.15) is 13.7 Å². The summed E-state index contributed by atoms with van der Waals surface area (Å²) >= 11 is 0. The highest BCUT2D eigenvalue weighted by Crippen LogP contribution is 2.55. The third-order valence-electron chi connectivity index (χ3n) is 32.0. The summed E-state index contributed by atoms with van der Waals surface area (Å²) in [6.45, 7) is 57.7. The first-order chi connectivity index (χ1) is 66.7. The molecule has 0 bridgehead atoms. The Hall–Kier alpha value is -12.7. The quantitative estimate of drug-likeness (QED) is 0.0753. The second-order valence-electron chi connectivity index (χ2n) is 46.2. The van der Waals surface area contributed by atoms with Crippen molar-refractivity contribution < 1.29 is 13.7 Å². The highest BCUT2D eigenvalue weighted by molar-refractivity contribution is 6.08. The van der Waals surface area contributed by atoms with Crippen molar-refractivity contribution >= 4 is 84.6 Å². The molecule has 7 heterocycles. The Bertz CT molecular complexity index is 7090. The Kier molecular flexibility index (Phi) is 29.4. The van der Waals surface area contributed by atoms with Gasteiger partial charge in [0.1, 0.15) is 21.1 Å². The SMILES string of the molecule is CC(C)C.CC(C)C(/C=C/C1=[N+](C)c2ccc3ccccc3c2C1(C)C)=C\C=C1/N(C)c2ccc3ccccc3c2C1(C)C.CC(C)C(/C=C/C1=[N+](C)c2ccccc2C1(C)C)=C\C=C1/N(C)c2ccccc2C1(C)C.CC(C)C1=C(/C=C/C2=Cc3ccccc3C2(C)C)CCC/C1=C\C=C1\N(C)c2ccccc2C1(C)C.CN1\C(=C/C=C/C=C/C2=[N+](C)c3ccccc3C2(C)C)C(C)(C)c2ccccc21. The predicted octanol–water partition coefficient (Wildman–Crippen LogP) is 33.7. The molecule has 19 rings (SSSR count). The van der Waals surface area contributed by atoms with Crippen LogP contribution in [0.15, 0.2) is 378 Å². The van der Waals surface area contributed by atoms with Crippen LogP contribution in [0.4, 0.5) is 39.8 Å². The zero-order chi connectivity index (χ0) is 102. The maximum Gasteiger partial charge on any atom is 0.210 e. The predicted molar refractivity (Wildman–Crippen MR) is 613 cm³/mol. The first-order valence-corrected chi connectivity index (χ1v) is 51.9. The van der Waals surface area contributed by atoms with Gasteiger partial charge in [-0.05, 0) is 227 Å². The first kappa shape index (κ1) is 103. The lowest BCUT2D eigenvalue weighted by atomic mass is 9.78. The smallest absolute Gasteiger partial charge is 0.210 e. The third-order valence-corrected chi connectivity index (χ3v) is 32.0. The normalized spacial score (nSPS) is 20.4. The average Bonchev–Trinajstić information content (AvgIpc) is 1.57. The van der Waals surface area contributed by atoms with Gasteiger partial charge in [0.05, 0.1) is 16.2 Å². The fraction of sp³-hybridized carbons (Fsp3) is 0.351. The van der Waals surface area contributed by atoms with Gasteiger partial charge in [-0.15, -0.1) is 0 Å². The van der Waals surface area contributed by atoms with Crippen molar-refractivity contribution in [2.45, 2.75) is 236 Å². The van der Waals surface area contributed by atoms with E-state index >= 15 is 0 Å². The number of nitrogens with zero attached hydrogens (tertiary/aromatic N) is 7. The van der Waals surface area contributed by atoms with Gasteiger partial charge in [-0.1, -0.05) is 368 Å². The van der Waals surface area contributed by atoms with E-state index < -0.39 is 0 Å². The molecule has 141 heavy (non-hydrogen) atoms. The van der Waals surface area contributed by atoms with Gasteiger partial charge < -0.3 is 19.6 Å². The Morgan fingerprint density at radius 2 is 0.702 bits per heavy atom. The molecule has 0 radical (unpaired) electrons. The molecule has 0 N–H and O–H groups in total. The minimum absolute atomic E-state index is 0.00228. The summed E-state index contributed by atoms with van der Waals surface area (Å²) in [5.74, 6) is 2.19. The standard InChI is InChI=1S/C38H41N2.C35H41N.C30H37N2.C27H31N2.C4H10/c1-25(2)26(19-23-33-37(3,4)35-29-15-11-9-13-27(29)17-21-31(35)39(33)7)20-24-34-38(5,6)36-30-16-12-10-14-28(30)18-22-32(36)40(34)8;1-24(2)33-25(19-21-28-23-27-13-8-9-16-29(27)34(28,3)4)14-12-15-26(33)20-22-32-35(5,6)30-17-10-11-18-31(30)36(32)7;1-21(2)22(17-19-27-29(3,4)23-13-9-11-15-25(23)31(27)7)18-20-28-30(5,6)24-14-10-12-16-26(24)32(28)8;1-26(2)20-14-10-12-16-22(20)28(5)24(26)18-8-7-9-19-25-27(3,4)21-15-11-13-17-23(21)29(25)6;1-4(2)3/h9-25H,1-8H3;8-11,13,16-24H,12,14-15H2,1-7H3;9-21H,1-8H3;7-19H,1-6H3;4H,1-3H3/q+1;;2*+1;/b;21-19+,26-20+,32-22+;;;. The van der Waals surface area contributed by atoms with E-state index in [0.717, 1.165) is 18.8 Å². The summed E-state index contributed by atoms with van der Waals surface area (Å²) in [6, 6.07) is 79.1. The van der Waals surface area contributed by atoms with Gasteiger partial charge in [0.25, 0.3) is 0 Å². The number of likely N-dealkylation sites (N-methyl/N-ethyl adjacent to an activating group) is 4. The lowest BCUT2D eigenvalue weighted by Crippen LogP contribution is -2.27. The zero-order valence-corrected chi connectivity index (χ0v) is 91.2. The number of hydrogen-bond acceptors (Lipinski definition) is 4. The Morgan fingerprint density at radius 3 is 1.17 bits per heavy atom. The van der Waals surface area contributed by atoms with Gasteiger partial charge >= 0.3 is 0 Å². The fourth-order valence-electron chi connectivity index (χ4n) is 24.2. The van der Waals surface area contributed by atoms with E-state index in [-0.39, 0.29) is 43.3 Å². The first-order valence-electron chi connectivity index (χ1n) is 51.9. The maximum absolute atomic E-state index is 2.43. The molecule has 0 unspecified atom stereocenters. The van der Waals surface area contributed by atoms with Crippen LogP contribution in [0.25, 0.3) is 27.6 Å². The van der Waals surface area contributed by atoms with Crippen molar-refractivity contribution in [1.82, 2.24) is 0 Å². The number of benzene rings is 10. The lowest BCUT2D eigenvalue weighted by Gasteiger charge is -2.27. The molecule has 728 valence electrons. The van der Waals surface area contributed by atoms with Crippen LogP contribution in [0.2, 0.25) is 0 Å². The topological polar surface area (TPSA) is 22.0 Å². The number of anilines is 4. The van der Waals surface area contributed by atoms with Crippen molar-refractivity contribution in [1.29, 1.82) is 0 Å². The zero-order valence-electron chi connectivity index (χ0n) is 91.2. The van der Waals surface area contributed by atoms with E-state index in [1.54, 1.807) is 5.57 Å². The van der Waals surface area contributed by atoms with E-state index in [9.17, 15) is 0 Å². The molecule has 0 aromatic heterocycles. The molecule has 0 saturated carbocycles. The fourth-order valence-corrected chi connectivity index (χ4v) is 24.2. The molecule has 2 aliphatic carbocycles. The van der Waals surface area contributed by atoms with Crippen LogP contribution in [0.3, 0.4) is 0 Å². The summed E-state index contributed by atoms with van der Waals surface area (Å²) in [5.41, 5.74) is 39.7. The van der Waals surface area contributed by atoms with Crippen LogP contribution in [0, 0.1) is 23.7 Å². The number of hydrogen-bond donors (Lipinski definition) is 0. The number of para-hydroxylation sites is 5. The molecule has 0 fully saturated rings. The van der Waals surface area contributed by atoms with Gasteiger partial charge in [-0.25, -0.2) is 0 Å². The Labute approximate surface area is 848 Å². The van der Waals surface area contributed by atoms with Crippen molar-refractivity contribution in [2.24, 2.45) is 23.7 Å². The van der Waals surface area contributed by atoms with E-state index in [1.807, 2.05) is 0 Å². The highest BCUT2D eigenvalue weighted by Gasteiger charge is 2.48. The van der Waals surface area contributed by atoms with Crippen molar-refractivity contribution in [3.8, 4) is 0 Å². The van der Waals surface area contributed by atoms with Crippen LogP contribution in [-0.2, 0) is 43.3 Å². The summed E-state index contributed by atoms with van der Waals surface area (Å²) in [4.78, 5) is 9.40. The second-order valence-corrected chi connectivity index (χ2v) is 46.2. The molecule has 10 aromatic carbocycles. The Morgan fingerprint density at radius 1 is 0.312 bits per heavy atom. The summed E-state index contributed by atoms with van der Waals surface area (Å²) in [6.07, 6.45) is 45.2. The molecule has 0 saturated heterocycles. The largest absolute Gasteiger partial charge is 0.347 e.